The number of thiophene rings is 1. The van der Waals surface area contributed by atoms with Crippen LogP contribution >= 0.6 is 11.3 Å². The van der Waals surface area contributed by atoms with Crippen molar-refractivity contribution >= 4 is 28.3 Å². The summed E-state index contributed by atoms with van der Waals surface area (Å²) in [5, 5.41) is 22.8. The first-order chi connectivity index (χ1) is 16.6. The maximum Gasteiger partial charge on any atom is 0.266 e. The molecule has 0 radical (unpaired) electrons. The number of hydrogen-bond acceptors (Lipinski definition) is 4. The van der Waals surface area contributed by atoms with Crippen LogP contribution in [0.15, 0.2) is 35.9 Å². The fourth-order valence-electron chi connectivity index (χ4n) is 4.69. The van der Waals surface area contributed by atoms with Gasteiger partial charge < -0.3 is 9.88 Å². The van der Waals surface area contributed by atoms with Crippen LogP contribution in [0.5, 0.6) is 0 Å². The molecule has 35 heavy (non-hydrogen) atoms. The van der Waals surface area contributed by atoms with Gasteiger partial charge in [-0.25, -0.2) is 0 Å². The molecule has 0 atom stereocenters. The number of hydrogen-bond donors (Lipinski definition) is 1. The van der Waals surface area contributed by atoms with Crippen LogP contribution in [-0.2, 0) is 23.1 Å². The van der Waals surface area contributed by atoms with Gasteiger partial charge in [-0.05, 0) is 85.9 Å². The Morgan fingerprint density at radius 1 is 1.11 bits per heavy atom. The molecule has 0 unspecified atom stereocenters. The summed E-state index contributed by atoms with van der Waals surface area (Å²) in [5.74, 6) is -0.484. The number of anilines is 1. The number of amides is 1. The van der Waals surface area contributed by atoms with Crippen molar-refractivity contribution in [1.82, 2.24) is 4.57 Å². The number of rotatable bonds is 4. The van der Waals surface area contributed by atoms with Gasteiger partial charge in [0.05, 0.1) is 5.56 Å². The van der Waals surface area contributed by atoms with E-state index < -0.39 is 5.91 Å². The molecule has 0 aliphatic heterocycles. The van der Waals surface area contributed by atoms with Crippen LogP contribution in [0.1, 0.15) is 72.1 Å². The molecular formula is C29H30N4OS. The maximum absolute atomic E-state index is 13.0. The van der Waals surface area contributed by atoms with Crippen LogP contribution in [0, 0.1) is 36.5 Å². The molecular weight excluding hydrogens is 452 g/mol. The van der Waals surface area contributed by atoms with Crippen molar-refractivity contribution in [3.8, 4) is 17.8 Å². The summed E-state index contributed by atoms with van der Waals surface area (Å²) >= 11 is 1.46. The molecule has 0 bridgehead atoms. The van der Waals surface area contributed by atoms with Gasteiger partial charge in [-0.15, -0.1) is 11.3 Å². The van der Waals surface area contributed by atoms with Crippen LogP contribution in [0.25, 0.3) is 11.8 Å². The third-order valence-corrected chi connectivity index (χ3v) is 7.84. The van der Waals surface area contributed by atoms with Gasteiger partial charge in [-0.3, -0.25) is 4.79 Å². The minimum atomic E-state index is -0.484. The van der Waals surface area contributed by atoms with Gasteiger partial charge in [0, 0.05) is 22.0 Å². The number of nitrogens with zero attached hydrogens (tertiary/aromatic N) is 3. The Kier molecular flexibility index (Phi) is 6.70. The summed E-state index contributed by atoms with van der Waals surface area (Å²) in [6.07, 6.45) is 5.60. The Morgan fingerprint density at radius 2 is 1.80 bits per heavy atom. The monoisotopic (exact) mass is 482 g/mol. The van der Waals surface area contributed by atoms with Crippen molar-refractivity contribution in [3.05, 3.63) is 74.4 Å². The zero-order chi connectivity index (χ0) is 25.3. The van der Waals surface area contributed by atoms with Gasteiger partial charge in [0.2, 0.25) is 0 Å². The van der Waals surface area contributed by atoms with Crippen molar-refractivity contribution < 1.29 is 4.79 Å². The van der Waals surface area contributed by atoms with Crippen molar-refractivity contribution in [3.63, 3.8) is 0 Å². The molecule has 0 spiro atoms. The van der Waals surface area contributed by atoms with E-state index in [1.165, 1.54) is 21.8 Å². The lowest BCUT2D eigenvalue weighted by Crippen LogP contribution is -2.13. The smallest absolute Gasteiger partial charge is 0.266 e. The average molecular weight is 483 g/mol. The molecule has 4 rings (SSSR count). The molecule has 1 amide bonds. The second-order valence-electron chi connectivity index (χ2n) is 10.1. The van der Waals surface area contributed by atoms with Gasteiger partial charge in [0.25, 0.3) is 5.91 Å². The van der Waals surface area contributed by atoms with Crippen molar-refractivity contribution in [1.29, 1.82) is 10.5 Å². The van der Waals surface area contributed by atoms with Crippen LogP contribution in [0.3, 0.4) is 0 Å². The molecule has 1 aromatic carbocycles. The standard InChI is InChI=1S/C29H30N4OS/c1-18-14-20(19(2)33(18)23-12-10-22(11-13-23)29(3,4)5)15-21(16-30)27(34)32-28-25(17-31)24-8-6-7-9-26(24)35-28/h10-15H,6-9H2,1-5H3,(H,32,34)/b21-15+. The van der Waals surface area contributed by atoms with Gasteiger partial charge in [0.15, 0.2) is 0 Å². The van der Waals surface area contributed by atoms with Crippen LogP contribution < -0.4 is 5.32 Å². The SMILES string of the molecule is Cc1cc(/C=C(\C#N)C(=O)Nc2sc3c(c2C#N)CCCC3)c(C)n1-c1ccc(C(C)(C)C)cc1. The molecule has 0 saturated carbocycles. The summed E-state index contributed by atoms with van der Waals surface area (Å²) in [6.45, 7) is 10.6. The third kappa shape index (κ3) is 4.81. The highest BCUT2D eigenvalue weighted by Gasteiger charge is 2.23. The minimum absolute atomic E-state index is 0.0172. The molecule has 0 fully saturated rings. The fraction of sp³-hybridized carbons (Fsp3) is 0.345. The number of carbonyl (C=O) groups is 1. The van der Waals surface area contributed by atoms with Crippen LogP contribution in [-0.4, -0.2) is 10.5 Å². The highest BCUT2D eigenvalue weighted by Crippen LogP contribution is 2.38. The number of benzene rings is 1. The van der Waals surface area contributed by atoms with Gasteiger partial charge in [-0.1, -0.05) is 32.9 Å². The number of fused-ring (bicyclic) bond motifs is 1. The minimum Gasteiger partial charge on any atom is -0.318 e. The first-order valence-corrected chi connectivity index (χ1v) is 12.7. The summed E-state index contributed by atoms with van der Waals surface area (Å²) < 4.78 is 2.13. The highest BCUT2D eigenvalue weighted by molar-refractivity contribution is 7.16. The zero-order valence-corrected chi connectivity index (χ0v) is 21.8. The van der Waals surface area contributed by atoms with Crippen molar-refractivity contribution in [2.75, 3.05) is 5.32 Å². The van der Waals surface area contributed by atoms with Gasteiger partial charge in [0.1, 0.15) is 22.7 Å². The van der Waals surface area contributed by atoms with Gasteiger partial charge >= 0.3 is 0 Å². The van der Waals surface area contributed by atoms with Crippen LogP contribution in [0.4, 0.5) is 5.00 Å². The summed E-state index contributed by atoms with van der Waals surface area (Å²) in [5.41, 5.74) is 6.80. The molecule has 2 heterocycles. The summed E-state index contributed by atoms with van der Waals surface area (Å²) in [6, 6.07) is 14.8. The first kappa shape index (κ1) is 24.5. The van der Waals surface area contributed by atoms with E-state index in [4.69, 9.17) is 0 Å². The lowest BCUT2D eigenvalue weighted by atomic mass is 9.87. The first-order valence-electron chi connectivity index (χ1n) is 11.9. The lowest BCUT2D eigenvalue weighted by molar-refractivity contribution is -0.112. The second-order valence-corrected chi connectivity index (χ2v) is 11.2. The molecule has 5 nitrogen and oxygen atoms in total. The third-order valence-electron chi connectivity index (χ3n) is 6.64. The van der Waals surface area contributed by atoms with E-state index >= 15 is 0 Å². The largest absolute Gasteiger partial charge is 0.318 e. The Hall–Kier alpha value is -3.61. The summed E-state index contributed by atoms with van der Waals surface area (Å²) in [4.78, 5) is 14.2. The van der Waals surface area contributed by atoms with Gasteiger partial charge in [-0.2, -0.15) is 10.5 Å². The molecule has 2 aromatic heterocycles. The normalized spacial score (nSPS) is 13.6. The number of nitriles is 2. The van der Waals surface area contributed by atoms with Crippen LogP contribution in [0.2, 0.25) is 0 Å². The topological polar surface area (TPSA) is 81.6 Å². The molecule has 1 aliphatic carbocycles. The zero-order valence-electron chi connectivity index (χ0n) is 21.0. The molecule has 1 N–H and O–H groups in total. The molecule has 178 valence electrons. The van der Waals surface area contributed by atoms with E-state index in [0.29, 0.717) is 10.6 Å². The Balaban J connectivity index is 1.63. The van der Waals surface area contributed by atoms with E-state index in [2.05, 4.69) is 67.1 Å². The fourth-order valence-corrected chi connectivity index (χ4v) is 5.92. The second kappa shape index (κ2) is 9.56. The quantitative estimate of drug-likeness (QED) is 0.330. The number of aryl methyl sites for hydroxylation is 2. The molecule has 0 saturated heterocycles. The highest BCUT2D eigenvalue weighted by atomic mass is 32.1. The molecule has 6 heteroatoms. The average Bonchev–Trinajstić information content (AvgIpc) is 3.31. The maximum atomic E-state index is 13.0. The number of carbonyl (C=O) groups excluding carboxylic acids is 1. The lowest BCUT2D eigenvalue weighted by Gasteiger charge is -2.20. The predicted octanol–water partition coefficient (Wildman–Crippen LogP) is 6.75. The van der Waals surface area contributed by atoms with E-state index in [1.54, 1.807) is 6.08 Å². The van der Waals surface area contributed by atoms with E-state index in [9.17, 15) is 15.3 Å². The van der Waals surface area contributed by atoms with Crippen molar-refractivity contribution in [2.45, 2.75) is 65.7 Å². The summed E-state index contributed by atoms with van der Waals surface area (Å²) in [7, 11) is 0. The Labute approximate surface area is 211 Å². The predicted molar refractivity (Wildman–Crippen MR) is 142 cm³/mol. The van der Waals surface area contributed by atoms with Crippen molar-refractivity contribution in [2.24, 2.45) is 0 Å². The number of aromatic nitrogens is 1. The number of nitrogens with one attached hydrogen (secondary N) is 1. The Bertz CT molecular complexity index is 1400. The Morgan fingerprint density at radius 3 is 2.43 bits per heavy atom. The van der Waals surface area contributed by atoms with E-state index in [1.807, 2.05) is 19.9 Å². The molecule has 3 aromatic rings. The molecule has 1 aliphatic rings. The van der Waals surface area contributed by atoms with E-state index in [0.717, 1.165) is 53.9 Å². The van der Waals surface area contributed by atoms with E-state index in [-0.39, 0.29) is 11.0 Å².